The van der Waals surface area contributed by atoms with Crippen LogP contribution in [0.4, 0.5) is 5.82 Å². The molecule has 2 aromatic carbocycles. The molecule has 4 rings (SSSR count). The Morgan fingerprint density at radius 1 is 0.966 bits per heavy atom. The van der Waals surface area contributed by atoms with Crippen molar-refractivity contribution in [2.24, 2.45) is 11.5 Å². The molecular weight excluding hydrogens is 374 g/mol. The monoisotopic (exact) mass is 389 g/mol. The van der Waals surface area contributed by atoms with E-state index in [1.165, 1.54) is 0 Å². The van der Waals surface area contributed by atoms with Gasteiger partial charge in [0.1, 0.15) is 5.52 Å². The zero-order chi connectivity index (χ0) is 20.4. The maximum absolute atomic E-state index is 11.7. The van der Waals surface area contributed by atoms with Crippen LogP contribution >= 0.6 is 0 Å². The van der Waals surface area contributed by atoms with Crippen molar-refractivity contribution in [1.29, 1.82) is 0 Å². The van der Waals surface area contributed by atoms with E-state index in [2.05, 4.69) is 25.7 Å². The molecule has 2 heterocycles. The maximum atomic E-state index is 11.7. The molecule has 0 aliphatic rings. The number of hydrogen-bond acceptors (Lipinski definition) is 8. The molecule has 0 radical (unpaired) electrons. The van der Waals surface area contributed by atoms with Gasteiger partial charge in [-0.1, -0.05) is 41.6 Å². The molecule has 4 aromatic rings. The van der Waals surface area contributed by atoms with E-state index in [9.17, 15) is 9.59 Å². The predicted molar refractivity (Wildman–Crippen MR) is 104 cm³/mol. The first-order valence-electron chi connectivity index (χ1n) is 8.55. The third kappa shape index (κ3) is 3.46. The zero-order valence-electron chi connectivity index (χ0n) is 15.0. The quantitative estimate of drug-likeness (QED) is 0.446. The Balaban J connectivity index is 1.75. The van der Waals surface area contributed by atoms with Crippen molar-refractivity contribution in [3.05, 3.63) is 65.4 Å². The van der Waals surface area contributed by atoms with Crippen LogP contribution in [0.5, 0.6) is 0 Å². The van der Waals surface area contributed by atoms with Crippen molar-refractivity contribution in [3.8, 4) is 11.6 Å². The molecule has 2 amide bonds. The number of amides is 2. The second-order valence-corrected chi connectivity index (χ2v) is 6.11. The summed E-state index contributed by atoms with van der Waals surface area (Å²) in [4.78, 5) is 27.6. The Hall–Kier alpha value is -4.34. The molecule has 0 saturated carbocycles. The SMILES string of the molecule is NC(=O)c1nnc(-c2onc3c(C(N)=O)cccc23)nc1NCc1ccccc1. The minimum Gasteiger partial charge on any atom is -0.366 e. The van der Waals surface area contributed by atoms with Crippen LogP contribution in [0.1, 0.15) is 26.4 Å². The molecule has 0 fully saturated rings. The molecule has 0 aliphatic heterocycles. The lowest BCUT2D eigenvalue weighted by molar-refractivity contribution is 0.0989. The van der Waals surface area contributed by atoms with E-state index in [1.807, 2.05) is 30.3 Å². The highest BCUT2D eigenvalue weighted by molar-refractivity contribution is 6.07. The van der Waals surface area contributed by atoms with Gasteiger partial charge < -0.3 is 21.3 Å². The topological polar surface area (TPSA) is 163 Å². The molecule has 0 saturated heterocycles. The van der Waals surface area contributed by atoms with E-state index in [0.29, 0.717) is 11.9 Å². The lowest BCUT2D eigenvalue weighted by atomic mass is 10.1. The van der Waals surface area contributed by atoms with Gasteiger partial charge in [0.25, 0.3) is 11.8 Å². The fourth-order valence-corrected chi connectivity index (χ4v) is 2.82. The number of nitrogens with zero attached hydrogens (tertiary/aromatic N) is 4. The van der Waals surface area contributed by atoms with Crippen LogP contribution in [0.25, 0.3) is 22.5 Å². The minimum absolute atomic E-state index is 0.0784. The average molecular weight is 389 g/mol. The highest BCUT2D eigenvalue weighted by Gasteiger charge is 2.21. The van der Waals surface area contributed by atoms with Crippen molar-refractivity contribution >= 4 is 28.5 Å². The molecule has 0 atom stereocenters. The van der Waals surface area contributed by atoms with Gasteiger partial charge in [-0.05, 0) is 17.7 Å². The number of primary amides is 2. The highest BCUT2D eigenvalue weighted by atomic mass is 16.5. The molecule has 0 spiro atoms. The Morgan fingerprint density at radius 2 is 1.76 bits per heavy atom. The number of fused-ring (bicyclic) bond motifs is 1. The first-order valence-corrected chi connectivity index (χ1v) is 8.55. The molecule has 29 heavy (non-hydrogen) atoms. The Morgan fingerprint density at radius 3 is 2.48 bits per heavy atom. The normalized spacial score (nSPS) is 10.8. The lowest BCUT2D eigenvalue weighted by Gasteiger charge is -2.09. The fraction of sp³-hybridized carbons (Fsp3) is 0.0526. The highest BCUT2D eigenvalue weighted by Crippen LogP contribution is 2.28. The molecule has 10 nitrogen and oxygen atoms in total. The first kappa shape index (κ1) is 18.0. The number of benzene rings is 2. The summed E-state index contributed by atoms with van der Waals surface area (Å²) in [6.45, 7) is 0.391. The fourth-order valence-electron chi connectivity index (χ4n) is 2.82. The van der Waals surface area contributed by atoms with Crippen LogP contribution in [0, 0.1) is 0 Å². The van der Waals surface area contributed by atoms with Crippen LogP contribution in [0.3, 0.4) is 0 Å². The summed E-state index contributed by atoms with van der Waals surface area (Å²) in [6.07, 6.45) is 0. The summed E-state index contributed by atoms with van der Waals surface area (Å²) in [6, 6.07) is 14.4. The number of aromatic nitrogens is 4. The van der Waals surface area contributed by atoms with Gasteiger partial charge in [0.15, 0.2) is 11.5 Å². The summed E-state index contributed by atoms with van der Waals surface area (Å²) in [5, 5.41) is 15.2. The van der Waals surface area contributed by atoms with Gasteiger partial charge in [-0.2, -0.15) is 0 Å². The second kappa shape index (κ2) is 7.35. The van der Waals surface area contributed by atoms with Gasteiger partial charge in [-0.3, -0.25) is 9.59 Å². The number of hydrogen-bond donors (Lipinski definition) is 3. The summed E-state index contributed by atoms with van der Waals surface area (Å²) in [5.41, 5.74) is 12.1. The molecular formula is C19H15N7O3. The first-order chi connectivity index (χ1) is 14.0. The summed E-state index contributed by atoms with van der Waals surface area (Å²) >= 11 is 0. The van der Waals surface area contributed by atoms with Crippen molar-refractivity contribution in [2.45, 2.75) is 6.54 Å². The number of anilines is 1. The maximum Gasteiger partial charge on any atom is 0.273 e. The molecule has 0 bridgehead atoms. The van der Waals surface area contributed by atoms with E-state index >= 15 is 0 Å². The van der Waals surface area contributed by atoms with Crippen LogP contribution in [-0.4, -0.2) is 32.2 Å². The van der Waals surface area contributed by atoms with Gasteiger partial charge in [-0.15, -0.1) is 10.2 Å². The van der Waals surface area contributed by atoms with Crippen LogP contribution in [0.15, 0.2) is 53.1 Å². The largest absolute Gasteiger partial charge is 0.366 e. The number of nitrogens with two attached hydrogens (primary N) is 2. The van der Waals surface area contributed by atoms with E-state index in [4.69, 9.17) is 16.0 Å². The molecule has 0 aliphatic carbocycles. The van der Waals surface area contributed by atoms with Gasteiger partial charge in [0.2, 0.25) is 11.6 Å². The van der Waals surface area contributed by atoms with E-state index in [-0.39, 0.29) is 34.2 Å². The third-order valence-electron chi connectivity index (χ3n) is 4.20. The van der Waals surface area contributed by atoms with Gasteiger partial charge in [-0.25, -0.2) is 4.98 Å². The molecule has 10 heteroatoms. The van der Waals surface area contributed by atoms with Gasteiger partial charge in [0, 0.05) is 6.54 Å². The molecule has 0 unspecified atom stereocenters. The van der Waals surface area contributed by atoms with E-state index in [1.54, 1.807) is 18.2 Å². The molecule has 144 valence electrons. The van der Waals surface area contributed by atoms with Crippen LogP contribution in [0.2, 0.25) is 0 Å². The van der Waals surface area contributed by atoms with Crippen molar-refractivity contribution in [3.63, 3.8) is 0 Å². The van der Waals surface area contributed by atoms with E-state index < -0.39 is 11.8 Å². The van der Waals surface area contributed by atoms with Gasteiger partial charge >= 0.3 is 0 Å². The number of nitrogens with one attached hydrogen (secondary N) is 1. The Bertz CT molecular complexity index is 1220. The number of rotatable bonds is 6. The summed E-state index contributed by atoms with van der Waals surface area (Å²) in [5.74, 6) is -0.986. The Labute approximate surface area is 163 Å². The van der Waals surface area contributed by atoms with Crippen molar-refractivity contribution in [1.82, 2.24) is 20.3 Å². The number of carbonyl (C=O) groups excluding carboxylic acids is 2. The minimum atomic E-state index is -0.773. The average Bonchev–Trinajstić information content (AvgIpc) is 3.16. The van der Waals surface area contributed by atoms with Crippen LogP contribution in [-0.2, 0) is 6.54 Å². The van der Waals surface area contributed by atoms with Gasteiger partial charge in [0.05, 0.1) is 10.9 Å². The third-order valence-corrected chi connectivity index (χ3v) is 4.20. The Kier molecular flexibility index (Phi) is 4.57. The standard InChI is InChI=1S/C19H15N7O3/c20-16(27)12-8-4-7-11-13(12)26-29-15(11)19-23-18(14(17(21)28)24-25-19)22-9-10-5-2-1-3-6-10/h1-8H,9H2,(H2,20,27)(H2,21,28)(H,22,23,25). The van der Waals surface area contributed by atoms with Crippen LogP contribution < -0.4 is 16.8 Å². The molecule has 5 N–H and O–H groups in total. The lowest BCUT2D eigenvalue weighted by Crippen LogP contribution is -2.19. The summed E-state index contributed by atoms with van der Waals surface area (Å²) < 4.78 is 5.34. The van der Waals surface area contributed by atoms with E-state index in [0.717, 1.165) is 5.56 Å². The summed E-state index contributed by atoms with van der Waals surface area (Å²) in [7, 11) is 0. The predicted octanol–water partition coefficient (Wildman–Crippen LogP) is 1.49. The molecule has 2 aromatic heterocycles. The zero-order valence-corrected chi connectivity index (χ0v) is 15.0. The van der Waals surface area contributed by atoms with Crippen molar-refractivity contribution < 1.29 is 14.1 Å². The van der Waals surface area contributed by atoms with Crippen molar-refractivity contribution in [2.75, 3.05) is 5.32 Å². The second-order valence-electron chi connectivity index (χ2n) is 6.11. The number of carbonyl (C=O) groups is 2. The smallest absolute Gasteiger partial charge is 0.273 e.